The number of allylic oxidation sites excluding steroid dienone is 1. The molecule has 0 bridgehead atoms. The number of hydrazine groups is 1. The van der Waals surface area contributed by atoms with E-state index in [0.717, 1.165) is 59.5 Å². The Morgan fingerprint density at radius 2 is 1.79 bits per heavy atom. The zero-order chi connectivity index (χ0) is 26.6. The molecule has 0 saturated carbocycles. The van der Waals surface area contributed by atoms with Gasteiger partial charge < -0.3 is 0 Å². The van der Waals surface area contributed by atoms with Crippen LogP contribution in [0.4, 0.5) is 0 Å². The van der Waals surface area contributed by atoms with E-state index in [1.807, 2.05) is 48.5 Å². The lowest BCUT2D eigenvalue weighted by molar-refractivity contribution is 0.0743. The Morgan fingerprint density at radius 3 is 2.47 bits per heavy atom. The average Bonchev–Trinajstić information content (AvgIpc) is 3.27. The van der Waals surface area contributed by atoms with Crippen LogP contribution >= 0.6 is 23.2 Å². The first-order chi connectivity index (χ1) is 18.4. The molecule has 1 fully saturated rings. The molecule has 3 heterocycles. The number of aromatic nitrogens is 3. The Kier molecular flexibility index (Phi) is 7.93. The average molecular weight is 547 g/mol. The maximum Gasteiger partial charge on any atom is 0.286 e. The summed E-state index contributed by atoms with van der Waals surface area (Å²) in [5.41, 5.74) is 9.83. The first-order valence-electron chi connectivity index (χ1n) is 12.7. The fourth-order valence-electron chi connectivity index (χ4n) is 4.75. The van der Waals surface area contributed by atoms with Crippen LogP contribution in [0.2, 0.25) is 10.0 Å². The molecule has 1 aliphatic rings. The lowest BCUT2D eigenvalue weighted by atomic mass is 10.0. The van der Waals surface area contributed by atoms with Gasteiger partial charge in [0.15, 0.2) is 5.69 Å². The van der Waals surface area contributed by atoms with Crippen LogP contribution in [0.1, 0.15) is 53.4 Å². The maximum atomic E-state index is 13.3. The number of hydrogen-bond acceptors (Lipinski definition) is 4. The van der Waals surface area contributed by atoms with Crippen LogP contribution in [0, 0.1) is 6.92 Å². The van der Waals surface area contributed by atoms with E-state index in [9.17, 15) is 4.79 Å². The molecule has 8 heteroatoms. The number of pyridine rings is 1. The zero-order valence-electron chi connectivity index (χ0n) is 21.4. The van der Waals surface area contributed by atoms with Crippen molar-refractivity contribution in [3.63, 3.8) is 0 Å². The Bertz CT molecular complexity index is 1470. The van der Waals surface area contributed by atoms with Gasteiger partial charge in [-0.3, -0.25) is 15.2 Å². The third-order valence-electron chi connectivity index (χ3n) is 6.78. The Hall–Kier alpha value is -3.45. The van der Waals surface area contributed by atoms with Gasteiger partial charge in [0.05, 0.1) is 16.4 Å². The van der Waals surface area contributed by atoms with Crippen LogP contribution in [0.3, 0.4) is 0 Å². The highest BCUT2D eigenvalue weighted by Crippen LogP contribution is 2.33. The first kappa shape index (κ1) is 26.2. The smallest absolute Gasteiger partial charge is 0.283 e. The summed E-state index contributed by atoms with van der Waals surface area (Å²) in [6.45, 7) is 5.68. The molecular weight excluding hydrogens is 517 g/mol. The number of carbonyl (C=O) groups excluding carboxylic acids is 1. The molecule has 194 valence electrons. The van der Waals surface area contributed by atoms with Crippen LogP contribution in [0.5, 0.6) is 0 Å². The predicted octanol–water partition coefficient (Wildman–Crippen LogP) is 7.24. The number of benzene rings is 2. The Morgan fingerprint density at radius 1 is 1.03 bits per heavy atom. The van der Waals surface area contributed by atoms with Crippen molar-refractivity contribution in [1.82, 2.24) is 25.2 Å². The normalized spacial score (nSPS) is 14.5. The van der Waals surface area contributed by atoms with Crippen LogP contribution in [-0.4, -0.2) is 38.8 Å². The number of hydrogen-bond donors (Lipinski definition) is 1. The number of piperidine rings is 1. The fraction of sp³-hybridized carbons (Fsp3) is 0.233. The molecule has 1 amide bonds. The monoisotopic (exact) mass is 545 g/mol. The largest absolute Gasteiger partial charge is 0.286 e. The third-order valence-corrected chi connectivity index (χ3v) is 7.31. The van der Waals surface area contributed by atoms with Crippen molar-refractivity contribution in [2.45, 2.75) is 33.1 Å². The highest BCUT2D eigenvalue weighted by atomic mass is 35.5. The molecule has 0 aliphatic carbocycles. The third kappa shape index (κ3) is 5.68. The van der Waals surface area contributed by atoms with Crippen molar-refractivity contribution in [2.24, 2.45) is 0 Å². The second-order valence-corrected chi connectivity index (χ2v) is 10.4. The van der Waals surface area contributed by atoms with Crippen molar-refractivity contribution in [1.29, 1.82) is 0 Å². The summed E-state index contributed by atoms with van der Waals surface area (Å²) in [5.74, 6) is -0.221. The molecule has 0 spiro atoms. The number of nitrogens with one attached hydrogen (secondary N) is 1. The van der Waals surface area contributed by atoms with E-state index >= 15 is 0 Å². The second-order valence-electron chi connectivity index (χ2n) is 9.51. The molecule has 0 unspecified atom stereocenters. The van der Waals surface area contributed by atoms with Gasteiger partial charge in [0.1, 0.15) is 0 Å². The molecule has 1 saturated heterocycles. The predicted molar refractivity (Wildman–Crippen MR) is 154 cm³/mol. The topological polar surface area (TPSA) is 63.1 Å². The van der Waals surface area contributed by atoms with E-state index in [0.29, 0.717) is 21.4 Å². The van der Waals surface area contributed by atoms with Crippen molar-refractivity contribution in [3.8, 4) is 16.9 Å². The Labute approximate surface area is 232 Å². The van der Waals surface area contributed by atoms with Crippen LogP contribution in [-0.2, 0) is 0 Å². The highest BCUT2D eigenvalue weighted by Gasteiger charge is 2.25. The van der Waals surface area contributed by atoms with E-state index in [2.05, 4.69) is 35.5 Å². The molecular formula is C30H29Cl2N5O. The van der Waals surface area contributed by atoms with E-state index in [-0.39, 0.29) is 5.91 Å². The number of nitrogens with zero attached hydrogens (tertiary/aromatic N) is 4. The minimum absolute atomic E-state index is 0.221. The van der Waals surface area contributed by atoms with Gasteiger partial charge in [0, 0.05) is 41.6 Å². The van der Waals surface area contributed by atoms with Gasteiger partial charge in [0.25, 0.3) is 5.91 Å². The van der Waals surface area contributed by atoms with Crippen LogP contribution in [0.15, 0.2) is 67.0 Å². The fourth-order valence-corrected chi connectivity index (χ4v) is 5.24. The molecule has 2 aromatic carbocycles. The number of halogens is 2. The summed E-state index contributed by atoms with van der Waals surface area (Å²) in [6, 6.07) is 17.4. The summed E-state index contributed by atoms with van der Waals surface area (Å²) in [5, 5.41) is 7.72. The lowest BCUT2D eigenvalue weighted by Gasteiger charge is -2.26. The molecule has 1 aliphatic heterocycles. The number of carbonyl (C=O) groups is 1. The maximum absolute atomic E-state index is 13.3. The molecule has 38 heavy (non-hydrogen) atoms. The van der Waals surface area contributed by atoms with Gasteiger partial charge in [-0.2, -0.15) is 5.10 Å². The lowest BCUT2D eigenvalue weighted by Crippen LogP contribution is -2.45. The highest BCUT2D eigenvalue weighted by molar-refractivity contribution is 6.35. The van der Waals surface area contributed by atoms with Gasteiger partial charge in [-0.05, 0) is 67.7 Å². The van der Waals surface area contributed by atoms with Gasteiger partial charge >= 0.3 is 0 Å². The first-order valence-corrected chi connectivity index (χ1v) is 13.5. The summed E-state index contributed by atoms with van der Waals surface area (Å²) in [4.78, 5) is 17.5. The van der Waals surface area contributed by atoms with Crippen LogP contribution < -0.4 is 5.43 Å². The quantitative estimate of drug-likeness (QED) is 0.277. The Balaban J connectivity index is 1.53. The van der Waals surface area contributed by atoms with Gasteiger partial charge in [-0.15, -0.1) is 0 Å². The van der Waals surface area contributed by atoms with E-state index in [4.69, 9.17) is 28.3 Å². The molecule has 5 rings (SSSR count). The summed E-state index contributed by atoms with van der Waals surface area (Å²) >= 11 is 12.8. The molecule has 0 radical (unpaired) electrons. The standard InChI is InChI=1S/C30H29Cl2N5O/c1-20(24-7-6-14-33-19-24)17-22-8-10-23(11-9-22)29-21(2)28(30(38)35-36-15-4-3-5-16-36)34-37(29)27-13-12-25(31)18-26(27)32/h6-14,17-19H,3-5,15-16H2,1-2H3,(H,35,38)/b20-17+. The van der Waals surface area contributed by atoms with Gasteiger partial charge in [0.2, 0.25) is 0 Å². The summed E-state index contributed by atoms with van der Waals surface area (Å²) in [7, 11) is 0. The van der Waals surface area contributed by atoms with E-state index < -0.39 is 0 Å². The van der Waals surface area contributed by atoms with Gasteiger partial charge in [-0.25, -0.2) is 9.69 Å². The number of rotatable bonds is 6. The van der Waals surface area contributed by atoms with Crippen LogP contribution in [0.25, 0.3) is 28.6 Å². The molecule has 6 nitrogen and oxygen atoms in total. The minimum Gasteiger partial charge on any atom is -0.283 e. The van der Waals surface area contributed by atoms with Crippen molar-refractivity contribution >= 4 is 40.8 Å². The molecule has 4 aromatic rings. The summed E-state index contributed by atoms with van der Waals surface area (Å²) in [6.07, 6.45) is 9.07. The van der Waals surface area contributed by atoms with E-state index in [1.54, 1.807) is 23.0 Å². The van der Waals surface area contributed by atoms with E-state index in [1.165, 1.54) is 6.42 Å². The van der Waals surface area contributed by atoms with Crippen molar-refractivity contribution in [2.75, 3.05) is 13.1 Å². The molecule has 0 atom stereocenters. The summed E-state index contributed by atoms with van der Waals surface area (Å²) < 4.78 is 1.74. The number of amides is 1. The second kappa shape index (κ2) is 11.5. The molecule has 1 N–H and O–H groups in total. The SMILES string of the molecule is C/C(=C\c1ccc(-c2c(C)c(C(=O)NN3CCCCC3)nn2-c2ccc(Cl)cc2Cl)cc1)c1cccnc1. The molecule has 2 aromatic heterocycles. The van der Waals surface area contributed by atoms with Crippen molar-refractivity contribution in [3.05, 3.63) is 99.4 Å². The minimum atomic E-state index is -0.221. The van der Waals surface area contributed by atoms with Crippen molar-refractivity contribution < 1.29 is 4.79 Å². The van der Waals surface area contributed by atoms with Gasteiger partial charge in [-0.1, -0.05) is 66.0 Å². The zero-order valence-corrected chi connectivity index (χ0v) is 22.9.